The largest absolute Gasteiger partial charge is 0.493 e. The number of nitrogens with zero attached hydrogens (tertiary/aromatic N) is 1. The van der Waals surface area contributed by atoms with Crippen molar-refractivity contribution in [1.82, 2.24) is 4.98 Å². The number of carboxylic acids is 1. The van der Waals surface area contributed by atoms with Crippen molar-refractivity contribution in [3.8, 4) is 0 Å². The second-order valence-electron chi connectivity index (χ2n) is 6.93. The van der Waals surface area contributed by atoms with Gasteiger partial charge in [0.05, 0.1) is 24.1 Å². The fourth-order valence-corrected chi connectivity index (χ4v) is 3.87. The Balaban J connectivity index is 1.56. The van der Waals surface area contributed by atoms with Crippen LogP contribution >= 0.6 is 0 Å². The van der Waals surface area contributed by atoms with Crippen LogP contribution in [-0.4, -0.2) is 29.2 Å². The number of aromatic nitrogens is 1. The van der Waals surface area contributed by atoms with Crippen molar-refractivity contribution in [3.05, 3.63) is 76.8 Å². The van der Waals surface area contributed by atoms with E-state index in [1.807, 2.05) is 6.07 Å². The summed E-state index contributed by atoms with van der Waals surface area (Å²) in [5, 5.41) is 12.6. The van der Waals surface area contributed by atoms with Gasteiger partial charge in [0.1, 0.15) is 5.76 Å². The molecular formula is C22H22N2O3. The number of carboxylic acid groups (broad SMARTS) is 1. The maximum atomic E-state index is 11.4. The van der Waals surface area contributed by atoms with Crippen molar-refractivity contribution in [1.29, 1.82) is 0 Å². The topological polar surface area (TPSA) is 71.5 Å². The molecule has 0 saturated carbocycles. The van der Waals surface area contributed by atoms with Gasteiger partial charge in [-0.15, -0.1) is 0 Å². The van der Waals surface area contributed by atoms with Gasteiger partial charge in [-0.1, -0.05) is 30.3 Å². The van der Waals surface area contributed by atoms with Gasteiger partial charge in [-0.05, 0) is 36.1 Å². The molecule has 2 heterocycles. The molecule has 0 saturated heterocycles. The van der Waals surface area contributed by atoms with Gasteiger partial charge >= 0.3 is 5.97 Å². The number of anilines is 1. The first-order valence-corrected chi connectivity index (χ1v) is 9.18. The van der Waals surface area contributed by atoms with Crippen molar-refractivity contribution in [3.63, 3.8) is 0 Å². The molecule has 2 aliphatic rings. The van der Waals surface area contributed by atoms with E-state index in [2.05, 4.69) is 41.5 Å². The number of allylic oxidation sites excluding steroid dienone is 2. The van der Waals surface area contributed by atoms with E-state index in [0.717, 1.165) is 18.6 Å². The van der Waals surface area contributed by atoms with Crippen LogP contribution in [0.25, 0.3) is 5.57 Å². The van der Waals surface area contributed by atoms with Crippen LogP contribution in [0, 0.1) is 12.8 Å². The summed E-state index contributed by atoms with van der Waals surface area (Å²) < 4.78 is 6.00. The number of aryl methyl sites for hydroxylation is 1. The number of hydrogen-bond donors (Lipinski definition) is 2. The van der Waals surface area contributed by atoms with Crippen LogP contribution in [0.2, 0.25) is 0 Å². The molecule has 1 aliphatic heterocycles. The molecule has 0 radical (unpaired) electrons. The number of ether oxygens (including phenoxy) is 1. The van der Waals surface area contributed by atoms with Gasteiger partial charge in [-0.25, -0.2) is 4.79 Å². The lowest BCUT2D eigenvalue weighted by molar-refractivity contribution is 0.0697. The zero-order valence-corrected chi connectivity index (χ0v) is 15.2. The minimum absolute atomic E-state index is 0.244. The number of benzene rings is 1. The zero-order valence-electron chi connectivity index (χ0n) is 15.2. The molecule has 5 nitrogen and oxygen atoms in total. The van der Waals surface area contributed by atoms with Crippen LogP contribution in [0.4, 0.5) is 5.69 Å². The highest BCUT2D eigenvalue weighted by molar-refractivity contribution is 5.93. The molecule has 0 bridgehead atoms. The van der Waals surface area contributed by atoms with Gasteiger partial charge in [0.25, 0.3) is 0 Å². The molecule has 27 heavy (non-hydrogen) atoms. The minimum atomic E-state index is -0.950. The lowest BCUT2D eigenvalue weighted by atomic mass is 9.83. The summed E-state index contributed by atoms with van der Waals surface area (Å²) >= 11 is 0. The van der Waals surface area contributed by atoms with Gasteiger partial charge in [0.15, 0.2) is 0 Å². The number of aromatic carboxylic acids is 1. The number of hydrogen-bond acceptors (Lipinski definition) is 4. The van der Waals surface area contributed by atoms with E-state index in [-0.39, 0.29) is 11.5 Å². The van der Waals surface area contributed by atoms with E-state index in [0.29, 0.717) is 18.8 Å². The lowest BCUT2D eigenvalue weighted by Gasteiger charge is -2.25. The zero-order chi connectivity index (χ0) is 18.8. The minimum Gasteiger partial charge on any atom is -0.493 e. The van der Waals surface area contributed by atoms with E-state index in [4.69, 9.17) is 4.74 Å². The molecule has 138 valence electrons. The van der Waals surface area contributed by atoms with Gasteiger partial charge in [-0.3, -0.25) is 4.98 Å². The quantitative estimate of drug-likeness (QED) is 0.831. The third-order valence-electron chi connectivity index (χ3n) is 5.28. The summed E-state index contributed by atoms with van der Waals surface area (Å²) in [5.74, 6) is 0.346. The van der Waals surface area contributed by atoms with E-state index in [1.165, 1.54) is 34.5 Å². The van der Waals surface area contributed by atoms with E-state index in [9.17, 15) is 9.90 Å². The number of pyridine rings is 1. The Morgan fingerprint density at radius 1 is 1.33 bits per heavy atom. The van der Waals surface area contributed by atoms with Gasteiger partial charge in [0, 0.05) is 30.7 Å². The summed E-state index contributed by atoms with van der Waals surface area (Å²) in [6.45, 7) is 3.48. The highest BCUT2D eigenvalue weighted by Crippen LogP contribution is 2.42. The molecule has 0 unspecified atom stereocenters. The molecule has 1 atom stereocenters. The fourth-order valence-electron chi connectivity index (χ4n) is 3.87. The molecule has 2 aromatic rings. The molecular weight excluding hydrogens is 340 g/mol. The monoisotopic (exact) mass is 362 g/mol. The molecule has 4 rings (SSSR count). The Hall–Kier alpha value is -3.08. The molecule has 5 heteroatoms. The van der Waals surface area contributed by atoms with Crippen molar-refractivity contribution in [2.45, 2.75) is 19.8 Å². The SMILES string of the molecule is Cc1ccccc1C1=CC[C@H](CNc2cnccc2C(=O)O)C2=C1OCC2. The second-order valence-corrected chi connectivity index (χ2v) is 6.93. The fraction of sp³-hybridized carbons (Fsp3) is 0.273. The van der Waals surface area contributed by atoms with Crippen molar-refractivity contribution >= 4 is 17.2 Å². The second kappa shape index (κ2) is 7.27. The predicted octanol–water partition coefficient (Wildman–Crippen LogP) is 4.28. The first-order chi connectivity index (χ1) is 13.1. The Labute approximate surface area is 158 Å². The van der Waals surface area contributed by atoms with Crippen LogP contribution in [0.5, 0.6) is 0 Å². The normalized spacial score (nSPS) is 18.6. The predicted molar refractivity (Wildman–Crippen MR) is 105 cm³/mol. The average molecular weight is 362 g/mol. The van der Waals surface area contributed by atoms with Crippen LogP contribution in [0.15, 0.2) is 60.1 Å². The summed E-state index contributed by atoms with van der Waals surface area (Å²) in [6.07, 6.45) is 7.14. The Morgan fingerprint density at radius 2 is 2.19 bits per heavy atom. The standard InChI is InChI=1S/C22H22N2O3/c1-14-4-2-3-5-16(14)18-7-6-15(17-9-11-27-21(17)18)12-24-20-13-23-10-8-19(20)22(25)26/h2-5,7-8,10,13,15,24H,6,9,11-12H2,1H3,(H,25,26)/t15-/m1/s1. The van der Waals surface area contributed by atoms with Crippen molar-refractivity contribution in [2.75, 3.05) is 18.5 Å². The van der Waals surface area contributed by atoms with E-state index < -0.39 is 5.97 Å². The molecule has 1 aromatic heterocycles. The molecule has 1 aliphatic carbocycles. The highest BCUT2D eigenvalue weighted by atomic mass is 16.5. The van der Waals surface area contributed by atoms with Gasteiger partial charge in [0.2, 0.25) is 0 Å². The maximum Gasteiger partial charge on any atom is 0.337 e. The number of rotatable bonds is 5. The maximum absolute atomic E-state index is 11.4. The smallest absolute Gasteiger partial charge is 0.337 e. The van der Waals surface area contributed by atoms with E-state index >= 15 is 0 Å². The molecule has 0 spiro atoms. The first-order valence-electron chi connectivity index (χ1n) is 9.18. The van der Waals surface area contributed by atoms with Gasteiger partial charge in [-0.2, -0.15) is 0 Å². The third kappa shape index (κ3) is 3.33. The number of carbonyl (C=O) groups is 1. The Kier molecular flexibility index (Phi) is 4.67. The number of nitrogens with one attached hydrogen (secondary N) is 1. The summed E-state index contributed by atoms with van der Waals surface area (Å²) in [6, 6.07) is 9.89. The third-order valence-corrected chi connectivity index (χ3v) is 5.28. The van der Waals surface area contributed by atoms with Crippen LogP contribution in [0.3, 0.4) is 0 Å². The van der Waals surface area contributed by atoms with Crippen LogP contribution < -0.4 is 5.32 Å². The summed E-state index contributed by atoms with van der Waals surface area (Å²) in [5.41, 5.74) is 5.77. The molecule has 2 N–H and O–H groups in total. The Morgan fingerprint density at radius 3 is 3.00 bits per heavy atom. The highest BCUT2D eigenvalue weighted by Gasteiger charge is 2.30. The van der Waals surface area contributed by atoms with Crippen molar-refractivity contribution in [2.24, 2.45) is 5.92 Å². The van der Waals surface area contributed by atoms with Crippen LogP contribution in [0.1, 0.15) is 34.3 Å². The summed E-state index contributed by atoms with van der Waals surface area (Å²) in [7, 11) is 0. The van der Waals surface area contributed by atoms with E-state index in [1.54, 1.807) is 6.20 Å². The molecule has 0 fully saturated rings. The summed E-state index contributed by atoms with van der Waals surface area (Å²) in [4.78, 5) is 15.4. The first kappa shape index (κ1) is 17.3. The van der Waals surface area contributed by atoms with Crippen LogP contribution in [-0.2, 0) is 4.74 Å². The van der Waals surface area contributed by atoms with Gasteiger partial charge < -0.3 is 15.2 Å². The molecule has 1 aromatic carbocycles. The molecule has 0 amide bonds. The van der Waals surface area contributed by atoms with Crippen molar-refractivity contribution < 1.29 is 14.6 Å². The average Bonchev–Trinajstić information content (AvgIpc) is 3.17. The lowest BCUT2D eigenvalue weighted by Crippen LogP contribution is -2.20. The Bertz CT molecular complexity index is 946.